The average molecular weight is 385 g/mol. The van der Waals surface area contributed by atoms with Crippen molar-refractivity contribution in [1.29, 1.82) is 0 Å². The van der Waals surface area contributed by atoms with Crippen LogP contribution in [0.5, 0.6) is 0 Å². The number of rotatable bonds is 7. The lowest BCUT2D eigenvalue weighted by atomic mass is 10.1. The summed E-state index contributed by atoms with van der Waals surface area (Å²) < 4.78 is 32.8. The van der Waals surface area contributed by atoms with Crippen molar-refractivity contribution in [1.82, 2.24) is 4.72 Å². The van der Waals surface area contributed by atoms with Gasteiger partial charge in [-0.3, -0.25) is 4.79 Å². The number of ether oxygens (including phenoxy) is 1. The third-order valence-electron chi connectivity index (χ3n) is 3.49. The average Bonchev–Trinajstić information content (AvgIpc) is 2.95. The summed E-state index contributed by atoms with van der Waals surface area (Å²) in [5.41, 5.74) is 0. The van der Waals surface area contributed by atoms with Crippen LogP contribution < -0.4 is 4.72 Å². The molecule has 0 fully saturated rings. The molecule has 0 aliphatic rings. The highest BCUT2D eigenvalue weighted by atomic mass is 32.2. The minimum atomic E-state index is -4.00. The monoisotopic (exact) mass is 385 g/mol. The number of fused-ring (bicyclic) bond motifs is 1. The number of esters is 1. The molecule has 0 radical (unpaired) electrons. The molecule has 1 aromatic carbocycles. The molecule has 1 heterocycles. The van der Waals surface area contributed by atoms with Gasteiger partial charge >= 0.3 is 11.9 Å². The van der Waals surface area contributed by atoms with Crippen LogP contribution in [-0.4, -0.2) is 38.1 Å². The van der Waals surface area contributed by atoms with Crippen molar-refractivity contribution in [2.75, 3.05) is 6.61 Å². The number of hydrogen-bond acceptors (Lipinski definition) is 6. The highest BCUT2D eigenvalue weighted by Gasteiger charge is 2.28. The molecule has 0 amide bonds. The molecule has 2 N–H and O–H groups in total. The van der Waals surface area contributed by atoms with Gasteiger partial charge in [0.2, 0.25) is 10.0 Å². The summed E-state index contributed by atoms with van der Waals surface area (Å²) >= 11 is 1.20. The van der Waals surface area contributed by atoms with Crippen molar-refractivity contribution in [3.8, 4) is 0 Å². The number of carbonyl (C=O) groups excluding carboxylic acids is 1. The van der Waals surface area contributed by atoms with E-state index in [1.165, 1.54) is 23.5 Å². The number of sulfonamides is 1. The molecule has 1 unspecified atom stereocenters. The molecule has 7 nitrogen and oxygen atoms in total. The number of aliphatic carboxylic acids is 1. The first-order chi connectivity index (χ1) is 11.7. The van der Waals surface area contributed by atoms with Gasteiger partial charge in [0.25, 0.3) is 0 Å². The van der Waals surface area contributed by atoms with E-state index in [2.05, 4.69) is 4.72 Å². The molecular formula is C16H19NO6S2. The zero-order chi connectivity index (χ0) is 18.8. The lowest BCUT2D eigenvalue weighted by Crippen LogP contribution is -2.44. The molecule has 25 heavy (non-hydrogen) atoms. The Labute approximate surface area is 149 Å². The third-order valence-corrected chi connectivity index (χ3v) is 6.02. The second kappa shape index (κ2) is 7.51. The van der Waals surface area contributed by atoms with Crippen molar-refractivity contribution in [2.24, 2.45) is 5.92 Å². The summed E-state index contributed by atoms with van der Waals surface area (Å²) in [5, 5.41) is 9.74. The number of nitrogens with one attached hydrogen (secondary N) is 1. The first-order valence-corrected chi connectivity index (χ1v) is 9.91. The van der Waals surface area contributed by atoms with Gasteiger partial charge in [-0.1, -0.05) is 13.8 Å². The molecule has 0 saturated carbocycles. The minimum absolute atomic E-state index is 0.0555. The van der Waals surface area contributed by atoms with Crippen LogP contribution in [-0.2, 0) is 19.6 Å². The maximum absolute atomic E-state index is 12.5. The fourth-order valence-corrected chi connectivity index (χ4v) is 4.51. The molecule has 136 valence electrons. The smallest absolute Gasteiger partial charge is 0.348 e. The Kier molecular flexibility index (Phi) is 5.81. The second-order valence-corrected chi connectivity index (χ2v) is 8.51. The van der Waals surface area contributed by atoms with Gasteiger partial charge in [-0.15, -0.1) is 11.3 Å². The molecule has 0 bridgehead atoms. The van der Waals surface area contributed by atoms with E-state index >= 15 is 0 Å². The SMILES string of the molecule is CCOC(=O)c1cc2cc(S(=O)(=O)NC(C(=O)O)C(C)C)ccc2s1. The summed E-state index contributed by atoms with van der Waals surface area (Å²) in [6, 6.07) is 4.72. The van der Waals surface area contributed by atoms with Crippen molar-refractivity contribution in [3.63, 3.8) is 0 Å². The zero-order valence-corrected chi connectivity index (χ0v) is 15.6. The van der Waals surface area contributed by atoms with E-state index in [0.29, 0.717) is 10.3 Å². The third kappa shape index (κ3) is 4.36. The number of benzene rings is 1. The number of carboxylic acids is 1. The van der Waals surface area contributed by atoms with Crippen LogP contribution in [0, 0.1) is 5.92 Å². The lowest BCUT2D eigenvalue weighted by molar-refractivity contribution is -0.140. The van der Waals surface area contributed by atoms with Crippen LogP contribution in [0.1, 0.15) is 30.4 Å². The fourth-order valence-electron chi connectivity index (χ4n) is 2.20. The maximum atomic E-state index is 12.5. The van der Waals surface area contributed by atoms with Crippen LogP contribution in [0.2, 0.25) is 0 Å². The summed E-state index contributed by atoms with van der Waals surface area (Å²) in [6.07, 6.45) is 0. The Morgan fingerprint density at radius 2 is 1.96 bits per heavy atom. The zero-order valence-electron chi connectivity index (χ0n) is 14.0. The normalized spacial score (nSPS) is 13.1. The van der Waals surface area contributed by atoms with Gasteiger partial charge in [0, 0.05) is 4.70 Å². The molecule has 1 aromatic heterocycles. The van der Waals surface area contributed by atoms with Crippen molar-refractivity contribution in [2.45, 2.75) is 31.7 Å². The highest BCUT2D eigenvalue weighted by molar-refractivity contribution is 7.89. The van der Waals surface area contributed by atoms with Crippen LogP contribution >= 0.6 is 11.3 Å². The Hall–Kier alpha value is -1.97. The van der Waals surface area contributed by atoms with Crippen LogP contribution in [0.3, 0.4) is 0 Å². The molecule has 1 atom stereocenters. The van der Waals surface area contributed by atoms with Crippen LogP contribution in [0.15, 0.2) is 29.2 Å². The van der Waals surface area contributed by atoms with E-state index in [-0.39, 0.29) is 11.5 Å². The number of thiophene rings is 1. The summed E-state index contributed by atoms with van der Waals surface area (Å²) in [5.74, 6) is -2.11. The molecule has 2 aromatic rings. The van der Waals surface area contributed by atoms with Gasteiger partial charge in [-0.05, 0) is 42.5 Å². The van der Waals surface area contributed by atoms with Crippen LogP contribution in [0.25, 0.3) is 10.1 Å². The van der Waals surface area contributed by atoms with E-state index in [9.17, 15) is 18.0 Å². The number of carboxylic acid groups (broad SMARTS) is 1. The molecule has 2 rings (SSSR count). The largest absolute Gasteiger partial charge is 0.480 e. The predicted molar refractivity (Wildman–Crippen MR) is 94.4 cm³/mol. The van der Waals surface area contributed by atoms with Crippen LogP contribution in [0.4, 0.5) is 0 Å². The van der Waals surface area contributed by atoms with E-state index < -0.39 is 33.9 Å². The summed E-state index contributed by atoms with van der Waals surface area (Å²) in [4.78, 5) is 23.3. The van der Waals surface area contributed by atoms with Crippen molar-refractivity contribution in [3.05, 3.63) is 29.1 Å². The van der Waals surface area contributed by atoms with Gasteiger partial charge in [0.15, 0.2) is 0 Å². The molecule has 0 aliphatic heterocycles. The first-order valence-electron chi connectivity index (χ1n) is 7.61. The van der Waals surface area contributed by atoms with Crippen molar-refractivity contribution >= 4 is 43.4 Å². The molecule has 0 saturated heterocycles. The minimum Gasteiger partial charge on any atom is -0.480 e. The molecule has 0 aliphatic carbocycles. The molecular weight excluding hydrogens is 366 g/mol. The Morgan fingerprint density at radius 3 is 2.52 bits per heavy atom. The Balaban J connectivity index is 2.37. The van der Waals surface area contributed by atoms with E-state index in [4.69, 9.17) is 9.84 Å². The standard InChI is InChI=1S/C16H19NO6S2/c1-4-23-16(20)13-8-10-7-11(5-6-12(10)24-13)25(21,22)17-14(9(2)3)15(18)19/h5-9,14,17H,4H2,1-3H3,(H,18,19). The Morgan fingerprint density at radius 1 is 1.28 bits per heavy atom. The molecule has 9 heteroatoms. The molecule has 0 spiro atoms. The summed E-state index contributed by atoms with van der Waals surface area (Å²) in [6.45, 7) is 5.20. The first kappa shape index (κ1) is 19.4. The Bertz CT molecular complexity index is 900. The number of hydrogen-bond donors (Lipinski definition) is 2. The lowest BCUT2D eigenvalue weighted by Gasteiger charge is -2.18. The highest BCUT2D eigenvalue weighted by Crippen LogP contribution is 2.28. The quantitative estimate of drug-likeness (QED) is 0.709. The summed E-state index contributed by atoms with van der Waals surface area (Å²) in [7, 11) is -4.00. The van der Waals surface area contributed by atoms with E-state index in [0.717, 1.165) is 4.70 Å². The van der Waals surface area contributed by atoms with Gasteiger partial charge in [0.05, 0.1) is 11.5 Å². The number of carbonyl (C=O) groups is 2. The van der Waals surface area contributed by atoms with Gasteiger partial charge in [-0.2, -0.15) is 4.72 Å². The van der Waals surface area contributed by atoms with Gasteiger partial charge < -0.3 is 9.84 Å². The van der Waals surface area contributed by atoms with E-state index in [1.807, 2.05) is 0 Å². The topological polar surface area (TPSA) is 110 Å². The van der Waals surface area contributed by atoms with E-state index in [1.54, 1.807) is 32.9 Å². The van der Waals surface area contributed by atoms with Gasteiger partial charge in [-0.25, -0.2) is 13.2 Å². The fraction of sp³-hybridized carbons (Fsp3) is 0.375. The maximum Gasteiger partial charge on any atom is 0.348 e. The van der Waals surface area contributed by atoms with Gasteiger partial charge in [0.1, 0.15) is 10.9 Å². The second-order valence-electron chi connectivity index (χ2n) is 5.71. The van der Waals surface area contributed by atoms with Crippen molar-refractivity contribution < 1.29 is 27.9 Å². The predicted octanol–water partition coefficient (Wildman–Crippen LogP) is 2.47.